The van der Waals surface area contributed by atoms with Crippen LogP contribution in [0.1, 0.15) is 143 Å². The third-order valence-corrected chi connectivity index (χ3v) is 14.6. The Balaban J connectivity index is 0.000000225. The van der Waals surface area contributed by atoms with Crippen LogP contribution in [0.25, 0.3) is 0 Å². The zero-order valence-electron chi connectivity index (χ0n) is 30.5. The van der Waals surface area contributed by atoms with Crippen LogP contribution in [0.4, 0.5) is 0 Å². The highest BCUT2D eigenvalue weighted by atomic mass is 15.2. The van der Waals surface area contributed by atoms with Crippen LogP contribution in [0.15, 0.2) is 0 Å². The topological polar surface area (TPSA) is 9.72 Å². The fourth-order valence-electron chi connectivity index (χ4n) is 10.8. The molecule has 0 spiro atoms. The van der Waals surface area contributed by atoms with Crippen LogP contribution >= 0.6 is 0 Å². The lowest BCUT2D eigenvalue weighted by Gasteiger charge is -2.54. The van der Waals surface area contributed by atoms with Gasteiger partial charge in [0, 0.05) is 30.7 Å². The second kappa shape index (κ2) is 17.3. The number of likely N-dealkylation sites (tertiary alicyclic amines) is 3. The van der Waals surface area contributed by atoms with E-state index in [1.54, 1.807) is 0 Å². The lowest BCUT2D eigenvalue weighted by atomic mass is 9.56. The minimum absolute atomic E-state index is 0. The van der Waals surface area contributed by atoms with Gasteiger partial charge in [-0.05, 0) is 171 Å². The van der Waals surface area contributed by atoms with Gasteiger partial charge >= 0.3 is 0 Å². The maximum absolute atomic E-state index is 2.77. The Kier molecular flexibility index (Phi) is 15.8. The van der Waals surface area contributed by atoms with E-state index in [1.165, 1.54) is 77.7 Å². The summed E-state index contributed by atoms with van der Waals surface area (Å²) < 4.78 is 0. The van der Waals surface area contributed by atoms with Crippen molar-refractivity contribution in [1.29, 1.82) is 0 Å². The van der Waals surface area contributed by atoms with Gasteiger partial charge in [-0.25, -0.2) is 0 Å². The maximum atomic E-state index is 2.77. The van der Waals surface area contributed by atoms with E-state index in [1.807, 2.05) is 0 Å². The van der Waals surface area contributed by atoms with E-state index < -0.39 is 0 Å². The van der Waals surface area contributed by atoms with Gasteiger partial charge in [0.1, 0.15) is 0 Å². The molecule has 0 N–H and O–H groups in total. The van der Waals surface area contributed by atoms with Crippen molar-refractivity contribution < 1.29 is 0 Å². The Labute approximate surface area is 279 Å². The van der Waals surface area contributed by atoms with E-state index in [4.69, 9.17) is 0 Å². The summed E-state index contributed by atoms with van der Waals surface area (Å²) in [6.07, 6.45) is 10.2. The molecule has 3 heteroatoms. The van der Waals surface area contributed by atoms with Crippen LogP contribution in [0.5, 0.6) is 0 Å². The zero-order chi connectivity index (χ0) is 30.9. The van der Waals surface area contributed by atoms with Crippen molar-refractivity contribution in [1.82, 2.24) is 14.7 Å². The van der Waals surface area contributed by atoms with Crippen molar-refractivity contribution in [2.75, 3.05) is 32.7 Å². The number of fused-ring (bicyclic) bond motifs is 3. The molecule has 3 saturated heterocycles. The highest BCUT2D eigenvalue weighted by Crippen LogP contribution is 2.51. The number of hydrogen-bond acceptors (Lipinski definition) is 3. The predicted molar refractivity (Wildman–Crippen MR) is 197 cm³/mol. The smallest absolute Gasteiger partial charge is 0.0157 e. The zero-order valence-corrected chi connectivity index (χ0v) is 30.5. The Morgan fingerprint density at radius 3 is 1.36 bits per heavy atom. The molecule has 0 aromatic rings. The highest BCUT2D eigenvalue weighted by molar-refractivity contribution is 5.01. The monoisotopic (exact) mass is 618 g/mol. The first-order valence-corrected chi connectivity index (χ1v) is 19.1. The molecule has 6 rings (SSSR count). The van der Waals surface area contributed by atoms with Gasteiger partial charge in [0.05, 0.1) is 0 Å². The van der Waals surface area contributed by atoms with E-state index in [9.17, 15) is 0 Å². The molecule has 3 heterocycles. The molecular weight excluding hydrogens is 534 g/mol. The molecule has 3 aliphatic heterocycles. The Morgan fingerprint density at radius 2 is 0.864 bits per heavy atom. The van der Waals surface area contributed by atoms with Gasteiger partial charge in [0.15, 0.2) is 0 Å². The largest absolute Gasteiger partial charge is 0.301 e. The van der Waals surface area contributed by atoms with E-state index in [-0.39, 0.29) is 14.9 Å². The Bertz CT molecular complexity index is 785. The molecule has 0 radical (unpaired) electrons. The van der Waals surface area contributed by atoms with E-state index in [0.717, 1.165) is 89.3 Å². The van der Waals surface area contributed by atoms with E-state index >= 15 is 0 Å². The fourth-order valence-corrected chi connectivity index (χ4v) is 10.8. The third-order valence-electron chi connectivity index (χ3n) is 14.6. The molecule has 44 heavy (non-hydrogen) atoms. The summed E-state index contributed by atoms with van der Waals surface area (Å²) in [5, 5.41) is 0. The van der Waals surface area contributed by atoms with Crippen LogP contribution in [0.3, 0.4) is 0 Å². The molecule has 0 aromatic heterocycles. The summed E-state index contributed by atoms with van der Waals surface area (Å²) in [4.78, 5) is 8.12. The maximum Gasteiger partial charge on any atom is 0.0157 e. The van der Waals surface area contributed by atoms with Crippen molar-refractivity contribution in [2.24, 2.45) is 65.1 Å². The van der Waals surface area contributed by atoms with Crippen LogP contribution in [0.2, 0.25) is 0 Å². The number of hydrogen-bond donors (Lipinski definition) is 0. The third kappa shape index (κ3) is 8.47. The average Bonchev–Trinajstić information content (AvgIpc) is 3.40. The van der Waals surface area contributed by atoms with Gasteiger partial charge in [-0.15, -0.1) is 0 Å². The van der Waals surface area contributed by atoms with Crippen LogP contribution in [0, 0.1) is 65.1 Å². The number of nitrogens with zero attached hydrogens (tertiary/aromatic N) is 3. The molecule has 12 atom stereocenters. The van der Waals surface area contributed by atoms with Gasteiger partial charge in [-0.3, -0.25) is 4.90 Å². The summed E-state index contributed by atoms with van der Waals surface area (Å²) in [6.45, 7) is 35.5. The van der Waals surface area contributed by atoms with Crippen molar-refractivity contribution in [3.05, 3.63) is 0 Å². The van der Waals surface area contributed by atoms with Crippen molar-refractivity contribution >= 4 is 0 Å². The molecular formula is C41H83N3. The molecule has 262 valence electrons. The fraction of sp³-hybridized carbons (Fsp3) is 1.00. The summed E-state index contributed by atoms with van der Waals surface area (Å²) in [7, 11) is 0. The molecule has 0 bridgehead atoms. The molecule has 6 aliphatic rings. The first kappa shape index (κ1) is 40.1. The van der Waals surface area contributed by atoms with Crippen LogP contribution in [-0.2, 0) is 0 Å². The molecule has 0 aromatic carbocycles. The summed E-state index contributed by atoms with van der Waals surface area (Å²) >= 11 is 0. The standard InChI is InChI=1S/3C13H25N.2CH4/c1-9(2)14-7-5-12-10(3)11(4)13(12)6-8-14;1-9(2)14-7-5-6-12-10(3)11(4)13(12)8-14;1-9(2)14-8-6-5-7-12-10(3)11(4)13(12)14;;/h3*9-13H,5-8H2,1-4H3;2*1H4. The summed E-state index contributed by atoms with van der Waals surface area (Å²) in [5.41, 5.74) is 0. The number of rotatable bonds is 3. The van der Waals surface area contributed by atoms with Crippen LogP contribution in [-0.4, -0.2) is 71.6 Å². The van der Waals surface area contributed by atoms with Gasteiger partial charge in [-0.1, -0.05) is 62.8 Å². The Morgan fingerprint density at radius 1 is 0.409 bits per heavy atom. The quantitative estimate of drug-likeness (QED) is 0.312. The molecule has 3 nitrogen and oxygen atoms in total. The van der Waals surface area contributed by atoms with Crippen molar-refractivity contribution in [2.45, 2.75) is 167 Å². The minimum Gasteiger partial charge on any atom is -0.301 e. The van der Waals surface area contributed by atoms with Crippen LogP contribution < -0.4 is 0 Å². The van der Waals surface area contributed by atoms with Gasteiger partial charge in [0.2, 0.25) is 0 Å². The van der Waals surface area contributed by atoms with Crippen molar-refractivity contribution in [3.8, 4) is 0 Å². The van der Waals surface area contributed by atoms with E-state index in [0.29, 0.717) is 0 Å². The van der Waals surface area contributed by atoms with Gasteiger partial charge in [0.25, 0.3) is 0 Å². The SMILES string of the molecule is C.C.CC1C(C)C2C1CCCCN2C(C)C.CC1C(C)C2CCN(C(C)C)CCC12.CC1C(C)C2CN(C(C)C)CCCC12. The lowest BCUT2D eigenvalue weighted by Crippen LogP contribution is -2.59. The minimum atomic E-state index is 0. The first-order valence-electron chi connectivity index (χ1n) is 19.1. The lowest BCUT2D eigenvalue weighted by molar-refractivity contribution is -0.0539. The first-order chi connectivity index (χ1) is 19.8. The van der Waals surface area contributed by atoms with E-state index in [2.05, 4.69) is 97.8 Å². The second-order valence-electron chi connectivity index (χ2n) is 17.2. The molecule has 0 amide bonds. The van der Waals surface area contributed by atoms with Gasteiger partial charge < -0.3 is 9.80 Å². The Hall–Kier alpha value is -0.120. The molecule has 12 unspecified atom stereocenters. The normalized spacial score (nSPS) is 42.3. The highest BCUT2D eigenvalue weighted by Gasteiger charge is 2.49. The molecule has 6 fully saturated rings. The summed E-state index contributed by atoms with van der Waals surface area (Å²) in [6, 6.07) is 3.15. The average molecular weight is 618 g/mol. The second-order valence-corrected chi connectivity index (χ2v) is 17.2. The van der Waals surface area contributed by atoms with Gasteiger partial charge in [-0.2, -0.15) is 0 Å². The molecule has 3 aliphatic carbocycles. The molecule has 3 saturated carbocycles. The van der Waals surface area contributed by atoms with Crippen molar-refractivity contribution in [3.63, 3.8) is 0 Å². The predicted octanol–water partition coefficient (Wildman–Crippen LogP) is 10.4. The summed E-state index contributed by atoms with van der Waals surface area (Å²) in [5.74, 6) is 11.0.